The molecule has 0 bridgehead atoms. The molecule has 1 atom stereocenters. The van der Waals surface area contributed by atoms with Crippen LogP contribution in [0.5, 0.6) is 0 Å². The van der Waals surface area contributed by atoms with E-state index in [1.54, 1.807) is 0 Å². The maximum Gasteiger partial charge on any atom is 0.0568 e. The summed E-state index contributed by atoms with van der Waals surface area (Å²) in [6.45, 7) is 9.97. The fraction of sp³-hybridized carbons (Fsp3) is 0.600. The SMILES string of the molecule is CC(C)(C)NCC1CCN(c2ccc(Br)c(Cl)c2)C1. The normalized spacial score (nSPS) is 20.1. The number of anilines is 1. The van der Waals surface area contributed by atoms with E-state index in [1.807, 2.05) is 12.1 Å². The van der Waals surface area contributed by atoms with Crippen LogP contribution in [0.4, 0.5) is 5.69 Å². The number of nitrogens with one attached hydrogen (secondary N) is 1. The Labute approximate surface area is 129 Å². The fourth-order valence-electron chi connectivity index (χ4n) is 2.37. The average molecular weight is 346 g/mol. The van der Waals surface area contributed by atoms with E-state index in [2.05, 4.69) is 53.0 Å². The van der Waals surface area contributed by atoms with Crippen molar-refractivity contribution in [1.29, 1.82) is 0 Å². The number of hydrogen-bond donors (Lipinski definition) is 1. The minimum Gasteiger partial charge on any atom is -0.371 e. The summed E-state index contributed by atoms with van der Waals surface area (Å²) >= 11 is 9.60. The Hall–Kier alpha value is -0.250. The minimum atomic E-state index is 0.203. The first-order valence-electron chi connectivity index (χ1n) is 6.80. The first-order valence-corrected chi connectivity index (χ1v) is 7.97. The predicted molar refractivity (Wildman–Crippen MR) is 87.2 cm³/mol. The van der Waals surface area contributed by atoms with Crippen LogP contribution in [0.1, 0.15) is 27.2 Å². The Morgan fingerprint density at radius 1 is 1.42 bits per heavy atom. The van der Waals surface area contributed by atoms with E-state index in [0.717, 1.165) is 35.0 Å². The van der Waals surface area contributed by atoms with E-state index >= 15 is 0 Å². The molecule has 1 fully saturated rings. The molecular formula is C15H22BrClN2. The highest BCUT2D eigenvalue weighted by Crippen LogP contribution is 2.30. The number of hydrogen-bond acceptors (Lipinski definition) is 2. The Morgan fingerprint density at radius 3 is 2.79 bits per heavy atom. The molecule has 1 unspecified atom stereocenters. The molecule has 1 aromatic rings. The number of rotatable bonds is 3. The van der Waals surface area contributed by atoms with Crippen LogP contribution in [0.2, 0.25) is 5.02 Å². The highest BCUT2D eigenvalue weighted by Gasteiger charge is 2.24. The quantitative estimate of drug-likeness (QED) is 0.878. The zero-order valence-electron chi connectivity index (χ0n) is 11.8. The molecule has 0 aliphatic carbocycles. The summed E-state index contributed by atoms with van der Waals surface area (Å²) in [6, 6.07) is 6.21. The van der Waals surface area contributed by atoms with Crippen LogP contribution in [-0.2, 0) is 0 Å². The summed E-state index contributed by atoms with van der Waals surface area (Å²) in [7, 11) is 0. The summed E-state index contributed by atoms with van der Waals surface area (Å²) in [5.41, 5.74) is 1.43. The van der Waals surface area contributed by atoms with Crippen LogP contribution in [0, 0.1) is 5.92 Å². The van der Waals surface area contributed by atoms with Gasteiger partial charge in [-0.15, -0.1) is 0 Å². The van der Waals surface area contributed by atoms with E-state index in [0.29, 0.717) is 0 Å². The van der Waals surface area contributed by atoms with E-state index < -0.39 is 0 Å². The lowest BCUT2D eigenvalue weighted by Crippen LogP contribution is -2.39. The van der Waals surface area contributed by atoms with Crippen molar-refractivity contribution in [3.05, 3.63) is 27.7 Å². The summed E-state index contributed by atoms with van der Waals surface area (Å²) in [5, 5.41) is 4.38. The highest BCUT2D eigenvalue weighted by atomic mass is 79.9. The van der Waals surface area contributed by atoms with Gasteiger partial charge in [0, 0.05) is 35.3 Å². The molecule has 0 aromatic heterocycles. The summed E-state index contributed by atoms with van der Waals surface area (Å²) < 4.78 is 0.961. The van der Waals surface area contributed by atoms with E-state index in [-0.39, 0.29) is 5.54 Å². The molecule has 1 N–H and O–H groups in total. The van der Waals surface area contributed by atoms with Gasteiger partial charge in [0.05, 0.1) is 5.02 Å². The van der Waals surface area contributed by atoms with Crippen molar-refractivity contribution in [2.45, 2.75) is 32.7 Å². The third-order valence-corrected chi connectivity index (χ3v) is 4.71. The molecule has 106 valence electrons. The van der Waals surface area contributed by atoms with Crippen LogP contribution in [0.15, 0.2) is 22.7 Å². The molecule has 1 aromatic carbocycles. The Balaban J connectivity index is 1.92. The molecule has 0 amide bonds. The van der Waals surface area contributed by atoms with Crippen molar-refractivity contribution < 1.29 is 0 Å². The molecule has 1 aliphatic rings. The minimum absolute atomic E-state index is 0.203. The smallest absolute Gasteiger partial charge is 0.0568 e. The molecule has 1 aliphatic heterocycles. The van der Waals surface area contributed by atoms with Crippen LogP contribution in [0.25, 0.3) is 0 Å². The van der Waals surface area contributed by atoms with Gasteiger partial charge in [0.2, 0.25) is 0 Å². The lowest BCUT2D eigenvalue weighted by atomic mass is 10.1. The predicted octanol–water partition coefficient (Wildman–Crippen LogP) is 4.32. The van der Waals surface area contributed by atoms with Crippen molar-refractivity contribution in [2.24, 2.45) is 5.92 Å². The van der Waals surface area contributed by atoms with Gasteiger partial charge in [0.1, 0.15) is 0 Å². The van der Waals surface area contributed by atoms with Gasteiger partial charge in [-0.25, -0.2) is 0 Å². The molecule has 0 spiro atoms. The van der Waals surface area contributed by atoms with Crippen molar-refractivity contribution >= 4 is 33.2 Å². The largest absolute Gasteiger partial charge is 0.371 e. The third-order valence-electron chi connectivity index (χ3n) is 3.48. The molecule has 19 heavy (non-hydrogen) atoms. The second kappa shape index (κ2) is 6.02. The second-order valence-electron chi connectivity index (χ2n) is 6.33. The van der Waals surface area contributed by atoms with E-state index in [9.17, 15) is 0 Å². The molecule has 0 radical (unpaired) electrons. The van der Waals surface area contributed by atoms with Gasteiger partial charge in [0.25, 0.3) is 0 Å². The van der Waals surface area contributed by atoms with Gasteiger partial charge in [-0.2, -0.15) is 0 Å². The maximum absolute atomic E-state index is 6.16. The number of nitrogens with zero attached hydrogens (tertiary/aromatic N) is 1. The standard InChI is InChI=1S/C15H22BrClN2/c1-15(2,3)18-9-11-6-7-19(10-11)12-4-5-13(16)14(17)8-12/h4-5,8,11,18H,6-7,9-10H2,1-3H3. The first-order chi connectivity index (χ1) is 8.85. The van der Waals surface area contributed by atoms with Gasteiger partial charge in [-0.3, -0.25) is 0 Å². The van der Waals surface area contributed by atoms with Crippen LogP contribution in [-0.4, -0.2) is 25.2 Å². The Kier molecular flexibility index (Phi) is 4.80. The zero-order chi connectivity index (χ0) is 14.0. The van der Waals surface area contributed by atoms with Crippen LogP contribution >= 0.6 is 27.5 Å². The Bertz CT molecular complexity index is 442. The monoisotopic (exact) mass is 344 g/mol. The summed E-state index contributed by atoms with van der Waals surface area (Å²) in [6.07, 6.45) is 1.25. The van der Waals surface area contributed by atoms with Crippen molar-refractivity contribution in [2.75, 3.05) is 24.5 Å². The van der Waals surface area contributed by atoms with E-state index in [4.69, 9.17) is 11.6 Å². The lowest BCUT2D eigenvalue weighted by molar-refractivity contribution is 0.383. The van der Waals surface area contributed by atoms with Gasteiger partial charge in [-0.05, 0) is 67.2 Å². The lowest BCUT2D eigenvalue weighted by Gasteiger charge is -2.24. The summed E-state index contributed by atoms with van der Waals surface area (Å²) in [5.74, 6) is 0.724. The molecule has 1 saturated heterocycles. The second-order valence-corrected chi connectivity index (χ2v) is 7.59. The molecule has 2 nitrogen and oxygen atoms in total. The summed E-state index contributed by atoms with van der Waals surface area (Å²) in [4.78, 5) is 2.42. The number of halogens is 2. The van der Waals surface area contributed by atoms with Gasteiger partial charge in [0.15, 0.2) is 0 Å². The molecule has 0 saturated carbocycles. The van der Waals surface area contributed by atoms with Gasteiger partial charge in [-0.1, -0.05) is 11.6 Å². The molecule has 2 rings (SSSR count). The molecule has 1 heterocycles. The topological polar surface area (TPSA) is 15.3 Å². The van der Waals surface area contributed by atoms with E-state index in [1.165, 1.54) is 12.1 Å². The van der Waals surface area contributed by atoms with Crippen molar-refractivity contribution in [3.63, 3.8) is 0 Å². The van der Waals surface area contributed by atoms with Crippen LogP contribution in [0.3, 0.4) is 0 Å². The first kappa shape index (κ1) is 15.1. The van der Waals surface area contributed by atoms with Crippen LogP contribution < -0.4 is 10.2 Å². The highest BCUT2D eigenvalue weighted by molar-refractivity contribution is 9.10. The fourth-order valence-corrected chi connectivity index (χ4v) is 2.79. The van der Waals surface area contributed by atoms with Crippen molar-refractivity contribution in [1.82, 2.24) is 5.32 Å². The third kappa shape index (κ3) is 4.37. The average Bonchev–Trinajstić information content (AvgIpc) is 2.78. The Morgan fingerprint density at radius 2 is 2.16 bits per heavy atom. The van der Waals surface area contributed by atoms with Crippen molar-refractivity contribution in [3.8, 4) is 0 Å². The maximum atomic E-state index is 6.16. The molecular weight excluding hydrogens is 324 g/mol. The van der Waals surface area contributed by atoms with Gasteiger partial charge < -0.3 is 10.2 Å². The molecule has 4 heteroatoms. The zero-order valence-corrected chi connectivity index (χ0v) is 14.2. The van der Waals surface area contributed by atoms with Gasteiger partial charge >= 0.3 is 0 Å². The number of benzene rings is 1.